The maximum absolute atomic E-state index is 12.0. The molecule has 0 aromatic rings. The zero-order valence-electron chi connectivity index (χ0n) is 13.1. The Morgan fingerprint density at radius 2 is 1.67 bits per heavy atom. The molecule has 0 spiro atoms. The fourth-order valence-corrected chi connectivity index (χ4v) is 1.91. The molecule has 0 unspecified atom stereocenters. The van der Waals surface area contributed by atoms with E-state index in [1.54, 1.807) is 0 Å². The quantitative estimate of drug-likeness (QED) is 0.686. The monoisotopic (exact) mass is 257 g/mol. The molecule has 3 nitrogen and oxygen atoms in total. The van der Waals surface area contributed by atoms with E-state index in [0.29, 0.717) is 6.54 Å². The molecular weight excluding hydrogens is 226 g/mol. The van der Waals surface area contributed by atoms with E-state index in [-0.39, 0.29) is 16.9 Å². The van der Waals surface area contributed by atoms with E-state index in [9.17, 15) is 4.79 Å². The smallest absolute Gasteiger partial charge is 0.225 e. The summed E-state index contributed by atoms with van der Waals surface area (Å²) in [6, 6.07) is 0. The maximum atomic E-state index is 12.0. The van der Waals surface area contributed by atoms with E-state index >= 15 is 0 Å². The highest BCUT2D eigenvalue weighted by Gasteiger charge is 2.26. The van der Waals surface area contributed by atoms with Crippen LogP contribution in [0.15, 0.2) is 0 Å². The molecule has 1 N–H and O–H groups in total. The van der Waals surface area contributed by atoms with E-state index in [1.807, 2.05) is 13.8 Å². The standard InChI is InChI=1S/C15H31NO2/c1-7-9-14(3,4)13(17)16-11-10-15(5,6)18-12-8-2/h7-12H2,1-6H3,(H,16,17). The van der Waals surface area contributed by atoms with E-state index in [1.165, 1.54) is 0 Å². The van der Waals surface area contributed by atoms with Gasteiger partial charge >= 0.3 is 0 Å². The number of nitrogens with one attached hydrogen (secondary N) is 1. The number of hydrogen-bond acceptors (Lipinski definition) is 2. The van der Waals surface area contributed by atoms with Crippen molar-refractivity contribution >= 4 is 5.91 Å². The van der Waals surface area contributed by atoms with Crippen LogP contribution in [0.2, 0.25) is 0 Å². The number of carbonyl (C=O) groups excluding carboxylic acids is 1. The third-order valence-electron chi connectivity index (χ3n) is 3.20. The number of amides is 1. The van der Waals surface area contributed by atoms with Crippen molar-refractivity contribution in [1.29, 1.82) is 0 Å². The minimum Gasteiger partial charge on any atom is -0.376 e. The normalized spacial score (nSPS) is 12.6. The van der Waals surface area contributed by atoms with Crippen molar-refractivity contribution in [1.82, 2.24) is 5.32 Å². The average molecular weight is 257 g/mol. The summed E-state index contributed by atoms with van der Waals surface area (Å²) in [6.45, 7) is 13.8. The highest BCUT2D eigenvalue weighted by Crippen LogP contribution is 2.22. The van der Waals surface area contributed by atoms with Gasteiger partial charge in [0, 0.05) is 18.6 Å². The first-order valence-corrected chi connectivity index (χ1v) is 7.17. The molecule has 0 bridgehead atoms. The Bertz CT molecular complexity index is 247. The second-order valence-electron chi connectivity index (χ2n) is 6.25. The van der Waals surface area contributed by atoms with Gasteiger partial charge in [-0.05, 0) is 33.1 Å². The zero-order chi connectivity index (χ0) is 14.2. The van der Waals surface area contributed by atoms with Crippen molar-refractivity contribution in [3.05, 3.63) is 0 Å². The summed E-state index contributed by atoms with van der Waals surface area (Å²) in [4.78, 5) is 12.0. The van der Waals surface area contributed by atoms with Gasteiger partial charge < -0.3 is 10.1 Å². The molecule has 0 rings (SSSR count). The molecule has 3 heteroatoms. The topological polar surface area (TPSA) is 38.3 Å². The highest BCUT2D eigenvalue weighted by atomic mass is 16.5. The molecule has 0 aromatic heterocycles. The Kier molecular flexibility index (Phi) is 7.53. The van der Waals surface area contributed by atoms with E-state index in [0.717, 1.165) is 32.3 Å². The lowest BCUT2D eigenvalue weighted by Crippen LogP contribution is -2.39. The lowest BCUT2D eigenvalue weighted by Gasteiger charge is -2.27. The molecule has 108 valence electrons. The summed E-state index contributed by atoms with van der Waals surface area (Å²) in [5.41, 5.74) is -0.415. The molecule has 0 aliphatic carbocycles. The van der Waals surface area contributed by atoms with Crippen molar-refractivity contribution in [2.45, 2.75) is 72.8 Å². The van der Waals surface area contributed by atoms with Gasteiger partial charge in [0.05, 0.1) is 5.60 Å². The van der Waals surface area contributed by atoms with Crippen LogP contribution in [0.4, 0.5) is 0 Å². The predicted octanol–water partition coefficient (Wildman–Crippen LogP) is 3.52. The average Bonchev–Trinajstić information content (AvgIpc) is 2.26. The van der Waals surface area contributed by atoms with Gasteiger partial charge in [0.2, 0.25) is 5.91 Å². The van der Waals surface area contributed by atoms with Gasteiger partial charge in [0.15, 0.2) is 0 Å². The van der Waals surface area contributed by atoms with Gasteiger partial charge in [-0.15, -0.1) is 0 Å². The van der Waals surface area contributed by atoms with Gasteiger partial charge in [-0.2, -0.15) is 0 Å². The highest BCUT2D eigenvalue weighted by molar-refractivity contribution is 5.81. The summed E-state index contributed by atoms with van der Waals surface area (Å²) < 4.78 is 5.74. The fraction of sp³-hybridized carbons (Fsp3) is 0.933. The Labute approximate surface area is 113 Å². The maximum Gasteiger partial charge on any atom is 0.225 e. The number of ether oxygens (including phenoxy) is 1. The molecule has 0 aliphatic heterocycles. The van der Waals surface area contributed by atoms with Crippen LogP contribution in [0.5, 0.6) is 0 Å². The Morgan fingerprint density at radius 1 is 1.06 bits per heavy atom. The molecule has 0 saturated heterocycles. The minimum atomic E-state index is -0.261. The molecular formula is C15H31NO2. The molecule has 0 saturated carbocycles. The van der Waals surface area contributed by atoms with Crippen LogP contribution in [-0.2, 0) is 9.53 Å². The summed E-state index contributed by atoms with van der Waals surface area (Å²) >= 11 is 0. The summed E-state index contributed by atoms with van der Waals surface area (Å²) in [6.07, 6.45) is 3.83. The molecule has 0 aromatic carbocycles. The van der Waals surface area contributed by atoms with Crippen molar-refractivity contribution < 1.29 is 9.53 Å². The third kappa shape index (κ3) is 7.00. The van der Waals surface area contributed by atoms with Crippen molar-refractivity contribution in [2.24, 2.45) is 5.41 Å². The first-order valence-electron chi connectivity index (χ1n) is 7.17. The first-order chi connectivity index (χ1) is 8.25. The summed E-state index contributed by atoms with van der Waals surface area (Å²) in [5.74, 6) is 0.149. The molecule has 0 heterocycles. The zero-order valence-corrected chi connectivity index (χ0v) is 13.1. The third-order valence-corrected chi connectivity index (χ3v) is 3.20. The lowest BCUT2D eigenvalue weighted by molar-refractivity contribution is -0.130. The van der Waals surface area contributed by atoms with Crippen LogP contribution in [0.3, 0.4) is 0 Å². The van der Waals surface area contributed by atoms with Gasteiger partial charge in [0.25, 0.3) is 0 Å². The van der Waals surface area contributed by atoms with Crippen LogP contribution >= 0.6 is 0 Å². The second-order valence-corrected chi connectivity index (χ2v) is 6.25. The number of hydrogen-bond donors (Lipinski definition) is 1. The molecule has 0 fully saturated rings. The Hall–Kier alpha value is -0.570. The van der Waals surface area contributed by atoms with E-state index < -0.39 is 0 Å². The van der Waals surface area contributed by atoms with Gasteiger partial charge in [-0.1, -0.05) is 34.1 Å². The lowest BCUT2D eigenvalue weighted by atomic mass is 9.87. The van der Waals surface area contributed by atoms with E-state index in [2.05, 4.69) is 33.0 Å². The number of carbonyl (C=O) groups is 1. The molecule has 18 heavy (non-hydrogen) atoms. The van der Waals surface area contributed by atoms with E-state index in [4.69, 9.17) is 4.74 Å². The summed E-state index contributed by atoms with van der Waals surface area (Å²) in [7, 11) is 0. The van der Waals surface area contributed by atoms with Crippen LogP contribution in [-0.4, -0.2) is 24.7 Å². The Morgan fingerprint density at radius 3 is 2.17 bits per heavy atom. The number of rotatable bonds is 9. The van der Waals surface area contributed by atoms with Crippen LogP contribution in [0.25, 0.3) is 0 Å². The first kappa shape index (κ1) is 17.4. The van der Waals surface area contributed by atoms with Crippen molar-refractivity contribution in [3.8, 4) is 0 Å². The van der Waals surface area contributed by atoms with Crippen molar-refractivity contribution in [3.63, 3.8) is 0 Å². The van der Waals surface area contributed by atoms with Crippen LogP contribution in [0.1, 0.15) is 67.2 Å². The van der Waals surface area contributed by atoms with Gasteiger partial charge in [-0.3, -0.25) is 4.79 Å². The van der Waals surface area contributed by atoms with Gasteiger partial charge in [-0.25, -0.2) is 0 Å². The predicted molar refractivity (Wildman–Crippen MR) is 76.6 cm³/mol. The SMILES string of the molecule is CCCOC(C)(C)CCNC(=O)C(C)(C)CCC. The largest absolute Gasteiger partial charge is 0.376 e. The fourth-order valence-electron chi connectivity index (χ4n) is 1.91. The minimum absolute atomic E-state index is 0.149. The van der Waals surface area contributed by atoms with Crippen LogP contribution in [0, 0.1) is 5.41 Å². The van der Waals surface area contributed by atoms with Gasteiger partial charge in [0.1, 0.15) is 0 Å². The van der Waals surface area contributed by atoms with Crippen molar-refractivity contribution in [2.75, 3.05) is 13.2 Å². The Balaban J connectivity index is 4.00. The molecule has 1 amide bonds. The molecule has 0 atom stereocenters. The molecule has 0 aliphatic rings. The second kappa shape index (κ2) is 7.78. The summed E-state index contributed by atoms with van der Waals surface area (Å²) in [5, 5.41) is 3.02. The molecule has 0 radical (unpaired) electrons. The van der Waals surface area contributed by atoms with Crippen LogP contribution < -0.4 is 5.32 Å².